The van der Waals surface area contributed by atoms with Gasteiger partial charge in [0.1, 0.15) is 0 Å². The number of ketones is 1. The number of carbonyl (C=O) groups is 2. The quantitative estimate of drug-likeness (QED) is 0.565. The molecule has 1 fully saturated rings. The van der Waals surface area contributed by atoms with E-state index in [2.05, 4.69) is 36.2 Å². The topological polar surface area (TPSA) is 66.1 Å². The van der Waals surface area contributed by atoms with Gasteiger partial charge in [-0.25, -0.2) is 0 Å². The monoisotopic (exact) mass is 421 g/mol. The first kappa shape index (κ1) is 20.5. The van der Waals surface area contributed by atoms with Gasteiger partial charge in [-0.2, -0.15) is 5.10 Å². The Labute approximate surface area is 181 Å². The Morgan fingerprint density at radius 2 is 1.90 bits per heavy atom. The Kier molecular flexibility index (Phi) is 6.13. The number of thiophene rings is 1. The van der Waals surface area contributed by atoms with E-state index in [4.69, 9.17) is 0 Å². The van der Waals surface area contributed by atoms with Crippen LogP contribution in [0.1, 0.15) is 53.1 Å². The molecule has 5 nitrogen and oxygen atoms in total. The van der Waals surface area contributed by atoms with Crippen LogP contribution in [0.25, 0.3) is 10.6 Å². The van der Waals surface area contributed by atoms with Crippen LogP contribution < -0.4 is 0 Å². The van der Waals surface area contributed by atoms with E-state index in [1.54, 1.807) is 11.3 Å². The maximum atomic E-state index is 12.9. The molecule has 2 aromatic heterocycles. The lowest BCUT2D eigenvalue weighted by molar-refractivity contribution is 0.0645. The Hall–Kier alpha value is -2.73. The van der Waals surface area contributed by atoms with Gasteiger partial charge in [-0.05, 0) is 48.3 Å². The highest BCUT2D eigenvalue weighted by Crippen LogP contribution is 2.26. The minimum atomic E-state index is -0.0713. The Bertz CT molecular complexity index is 998. The molecular weight excluding hydrogens is 394 g/mol. The van der Waals surface area contributed by atoms with E-state index in [9.17, 15) is 9.59 Å². The smallest absolute Gasteiger partial charge is 0.274 e. The van der Waals surface area contributed by atoms with Crippen LogP contribution in [0, 0.1) is 11.8 Å². The highest BCUT2D eigenvalue weighted by atomic mass is 32.1. The van der Waals surface area contributed by atoms with Crippen LogP contribution in [-0.2, 0) is 6.42 Å². The number of likely N-dealkylation sites (tertiary alicyclic amines) is 1. The third kappa shape index (κ3) is 4.54. The zero-order valence-electron chi connectivity index (χ0n) is 17.4. The van der Waals surface area contributed by atoms with Gasteiger partial charge in [-0.15, -0.1) is 11.3 Å². The highest BCUT2D eigenvalue weighted by Gasteiger charge is 2.29. The lowest BCUT2D eigenvalue weighted by Gasteiger charge is -2.30. The minimum absolute atomic E-state index is 0.0223. The van der Waals surface area contributed by atoms with Crippen LogP contribution >= 0.6 is 11.3 Å². The largest absolute Gasteiger partial charge is 0.337 e. The fraction of sp³-hybridized carbons (Fsp3) is 0.375. The number of piperidine rings is 1. The molecule has 3 heterocycles. The Morgan fingerprint density at radius 1 is 1.17 bits per heavy atom. The standard InChI is InChI=1S/C24H27N3O2S/c1-16(2)14-17-5-7-18(8-6-17)23(28)19-9-11-27(12-10-19)24(29)21-15-20(25-26-21)22-4-3-13-30-22/h3-8,13,15-16,19H,9-12,14H2,1-2H3,(H,25,26). The summed E-state index contributed by atoms with van der Waals surface area (Å²) >= 11 is 1.61. The van der Waals surface area contributed by atoms with Gasteiger partial charge in [0.25, 0.3) is 5.91 Å². The molecular formula is C24H27N3O2S. The molecule has 0 atom stereocenters. The first-order valence-electron chi connectivity index (χ1n) is 10.5. The zero-order valence-corrected chi connectivity index (χ0v) is 18.2. The van der Waals surface area contributed by atoms with Gasteiger partial charge in [-0.3, -0.25) is 14.7 Å². The molecule has 1 amide bonds. The van der Waals surface area contributed by atoms with Crippen molar-refractivity contribution in [1.82, 2.24) is 15.1 Å². The number of nitrogens with zero attached hydrogens (tertiary/aromatic N) is 2. The average Bonchev–Trinajstić information content (AvgIpc) is 3.45. The Morgan fingerprint density at radius 3 is 2.53 bits per heavy atom. The van der Waals surface area contributed by atoms with Crippen molar-refractivity contribution in [2.24, 2.45) is 11.8 Å². The number of benzene rings is 1. The molecule has 1 aliphatic heterocycles. The molecule has 0 unspecified atom stereocenters. The molecule has 4 rings (SSSR count). The van der Waals surface area contributed by atoms with Gasteiger partial charge in [0.15, 0.2) is 11.5 Å². The number of aromatic nitrogens is 2. The predicted molar refractivity (Wildman–Crippen MR) is 120 cm³/mol. The average molecular weight is 422 g/mol. The van der Waals surface area contributed by atoms with Gasteiger partial charge in [-0.1, -0.05) is 44.2 Å². The van der Waals surface area contributed by atoms with E-state index < -0.39 is 0 Å². The number of nitrogens with one attached hydrogen (secondary N) is 1. The second kappa shape index (κ2) is 8.96. The van der Waals surface area contributed by atoms with Crippen LogP contribution in [0.15, 0.2) is 47.8 Å². The van der Waals surface area contributed by atoms with Gasteiger partial charge in [0.05, 0.1) is 10.6 Å². The van der Waals surface area contributed by atoms with Gasteiger partial charge < -0.3 is 4.90 Å². The molecule has 30 heavy (non-hydrogen) atoms. The van der Waals surface area contributed by atoms with E-state index in [-0.39, 0.29) is 17.6 Å². The summed E-state index contributed by atoms with van der Waals surface area (Å²) in [6, 6.07) is 13.8. The summed E-state index contributed by atoms with van der Waals surface area (Å²) in [6.07, 6.45) is 2.41. The number of H-pyrrole nitrogens is 1. The lowest BCUT2D eigenvalue weighted by atomic mass is 9.88. The molecule has 6 heteroatoms. The third-order valence-electron chi connectivity index (χ3n) is 5.62. The first-order chi connectivity index (χ1) is 14.5. The number of hydrogen-bond acceptors (Lipinski definition) is 4. The Balaban J connectivity index is 1.34. The maximum Gasteiger partial charge on any atom is 0.274 e. The van der Waals surface area contributed by atoms with Crippen LogP contribution in [0.2, 0.25) is 0 Å². The number of Topliss-reactive ketones (excluding diaryl/α,β-unsaturated/α-hetero) is 1. The summed E-state index contributed by atoms with van der Waals surface area (Å²) in [6.45, 7) is 5.56. The van der Waals surface area contributed by atoms with Crippen LogP contribution in [0.3, 0.4) is 0 Å². The van der Waals surface area contributed by atoms with Crippen molar-refractivity contribution in [3.05, 3.63) is 64.7 Å². The summed E-state index contributed by atoms with van der Waals surface area (Å²) in [4.78, 5) is 28.6. The molecule has 0 aliphatic carbocycles. The zero-order chi connectivity index (χ0) is 21.1. The molecule has 156 valence electrons. The molecule has 1 aromatic carbocycles. The van der Waals surface area contributed by atoms with E-state index in [1.807, 2.05) is 40.6 Å². The van der Waals surface area contributed by atoms with Crippen molar-refractivity contribution in [2.75, 3.05) is 13.1 Å². The summed E-state index contributed by atoms with van der Waals surface area (Å²) in [7, 11) is 0. The van der Waals surface area contributed by atoms with Crippen molar-refractivity contribution in [3.63, 3.8) is 0 Å². The van der Waals surface area contributed by atoms with Crippen molar-refractivity contribution in [3.8, 4) is 10.6 Å². The second-order valence-electron chi connectivity index (χ2n) is 8.37. The number of hydrogen-bond donors (Lipinski definition) is 1. The number of amides is 1. The summed E-state index contributed by atoms with van der Waals surface area (Å²) in [5.74, 6) is 0.700. The molecule has 0 saturated carbocycles. The number of rotatable bonds is 6. The van der Waals surface area contributed by atoms with Gasteiger partial charge >= 0.3 is 0 Å². The van der Waals surface area contributed by atoms with E-state index in [0.717, 1.165) is 22.6 Å². The summed E-state index contributed by atoms with van der Waals surface area (Å²) in [5, 5.41) is 9.15. The van der Waals surface area contributed by atoms with Crippen LogP contribution in [0.4, 0.5) is 0 Å². The highest BCUT2D eigenvalue weighted by molar-refractivity contribution is 7.13. The van der Waals surface area contributed by atoms with Crippen molar-refractivity contribution < 1.29 is 9.59 Å². The molecule has 1 saturated heterocycles. The van der Waals surface area contributed by atoms with Crippen LogP contribution in [0.5, 0.6) is 0 Å². The predicted octanol–water partition coefficient (Wildman–Crippen LogP) is 5.07. The normalized spacial score (nSPS) is 15.0. The van der Waals surface area contributed by atoms with E-state index in [0.29, 0.717) is 37.5 Å². The number of aromatic amines is 1. The molecule has 0 bridgehead atoms. The molecule has 1 aliphatic rings. The van der Waals surface area contributed by atoms with Crippen molar-refractivity contribution in [2.45, 2.75) is 33.1 Å². The lowest BCUT2D eigenvalue weighted by Crippen LogP contribution is -2.40. The van der Waals surface area contributed by atoms with Gasteiger partial charge in [0.2, 0.25) is 0 Å². The fourth-order valence-corrected chi connectivity index (χ4v) is 4.70. The molecule has 1 N–H and O–H groups in total. The maximum absolute atomic E-state index is 12.9. The van der Waals surface area contributed by atoms with E-state index >= 15 is 0 Å². The first-order valence-corrected chi connectivity index (χ1v) is 11.4. The number of carbonyl (C=O) groups excluding carboxylic acids is 2. The van der Waals surface area contributed by atoms with Gasteiger partial charge in [0, 0.05) is 24.6 Å². The summed E-state index contributed by atoms with van der Waals surface area (Å²) < 4.78 is 0. The molecule has 3 aromatic rings. The minimum Gasteiger partial charge on any atom is -0.337 e. The molecule has 0 spiro atoms. The molecule has 0 radical (unpaired) electrons. The van der Waals surface area contributed by atoms with Crippen molar-refractivity contribution >= 4 is 23.0 Å². The van der Waals surface area contributed by atoms with E-state index in [1.165, 1.54) is 5.56 Å². The third-order valence-corrected chi connectivity index (χ3v) is 6.52. The SMILES string of the molecule is CC(C)Cc1ccc(C(=O)C2CCN(C(=O)c3cc(-c4cccs4)[nH]n3)CC2)cc1. The van der Waals surface area contributed by atoms with Crippen LogP contribution in [-0.4, -0.2) is 39.9 Å². The second-order valence-corrected chi connectivity index (χ2v) is 9.32. The fourth-order valence-electron chi connectivity index (χ4n) is 4.01. The van der Waals surface area contributed by atoms with Crippen molar-refractivity contribution in [1.29, 1.82) is 0 Å². The summed E-state index contributed by atoms with van der Waals surface area (Å²) in [5.41, 5.74) is 3.34.